The number of aromatic nitrogens is 2. The van der Waals surface area contributed by atoms with Crippen LogP contribution in [-0.4, -0.2) is 9.13 Å². The van der Waals surface area contributed by atoms with Crippen LogP contribution in [-0.2, 0) is 0 Å². The van der Waals surface area contributed by atoms with Crippen LogP contribution in [0.15, 0.2) is 164 Å². The summed E-state index contributed by atoms with van der Waals surface area (Å²) in [5.74, 6) is 0.535. The zero-order valence-corrected chi connectivity index (χ0v) is 30.6. The largest absolute Gasteiger partial charge is 0.309 e. The standard InChI is InChI=1S/C51H34N2S/c1-31-10-8-13-35-28-36(22-23-37(31)35)52-47-26-20-34(30-44(47)41-24-25-42-40-16-5-7-19-49(40)54-51(42)50(41)52)33-21-27-48-43(29-33)39-15-4-6-17-46(39)53(48)45-18-9-12-32-11-2-3-14-38(32)45/h2-9,11-31H,10H2,1H3. The Balaban J connectivity index is 1.10. The number of rotatable bonds is 3. The molecule has 54 heavy (non-hydrogen) atoms. The van der Waals surface area contributed by atoms with E-state index in [1.54, 1.807) is 0 Å². The van der Waals surface area contributed by atoms with E-state index in [1.165, 1.54) is 108 Å². The lowest BCUT2D eigenvalue weighted by Gasteiger charge is -2.19. The van der Waals surface area contributed by atoms with Crippen molar-refractivity contribution in [1.82, 2.24) is 9.13 Å². The Kier molecular flexibility index (Phi) is 6.29. The molecule has 1 unspecified atom stereocenters. The van der Waals surface area contributed by atoms with E-state index < -0.39 is 0 Å². The van der Waals surface area contributed by atoms with E-state index in [2.05, 4.69) is 186 Å². The van der Waals surface area contributed by atoms with Gasteiger partial charge in [-0.2, -0.15) is 0 Å². The molecule has 11 aromatic rings. The monoisotopic (exact) mass is 706 g/mol. The van der Waals surface area contributed by atoms with Gasteiger partial charge in [-0.1, -0.05) is 122 Å². The minimum absolute atomic E-state index is 0.535. The summed E-state index contributed by atoms with van der Waals surface area (Å²) in [5, 5.41) is 10.3. The van der Waals surface area contributed by atoms with Crippen LogP contribution in [0.5, 0.6) is 0 Å². The summed E-state index contributed by atoms with van der Waals surface area (Å²) in [5.41, 5.74) is 12.6. The van der Waals surface area contributed by atoms with Crippen molar-refractivity contribution in [1.29, 1.82) is 0 Å². The lowest BCUT2D eigenvalue weighted by Crippen LogP contribution is -2.02. The van der Waals surface area contributed by atoms with E-state index in [9.17, 15) is 0 Å². The molecular weight excluding hydrogens is 673 g/mol. The normalized spacial score (nSPS) is 14.4. The number of thiophene rings is 1. The van der Waals surface area contributed by atoms with Crippen molar-refractivity contribution >= 4 is 92.0 Å². The topological polar surface area (TPSA) is 9.86 Å². The molecule has 254 valence electrons. The zero-order chi connectivity index (χ0) is 35.5. The molecule has 0 saturated carbocycles. The maximum Gasteiger partial charge on any atom is 0.0719 e. The second-order valence-corrected chi connectivity index (χ2v) is 16.0. The van der Waals surface area contributed by atoms with Crippen LogP contribution in [0.1, 0.15) is 30.4 Å². The molecular formula is C51H34N2S. The molecule has 0 amide bonds. The van der Waals surface area contributed by atoms with Crippen molar-refractivity contribution in [3.8, 4) is 22.5 Å². The fourth-order valence-electron chi connectivity index (χ4n) is 9.36. The fraction of sp³-hybridized carbons (Fsp3) is 0.0588. The van der Waals surface area contributed by atoms with E-state index in [4.69, 9.17) is 0 Å². The third-order valence-corrected chi connectivity index (χ3v) is 13.1. The Morgan fingerprint density at radius 1 is 0.519 bits per heavy atom. The van der Waals surface area contributed by atoms with E-state index in [1.807, 2.05) is 11.3 Å². The maximum atomic E-state index is 2.53. The summed E-state index contributed by atoms with van der Waals surface area (Å²) in [6.45, 7) is 2.34. The molecule has 0 saturated heterocycles. The first-order valence-corrected chi connectivity index (χ1v) is 19.7. The second-order valence-electron chi connectivity index (χ2n) is 14.9. The Morgan fingerprint density at radius 2 is 1.20 bits per heavy atom. The average molecular weight is 707 g/mol. The van der Waals surface area contributed by atoms with Gasteiger partial charge in [-0.05, 0) is 94.6 Å². The number of benzene rings is 8. The lowest BCUT2D eigenvalue weighted by molar-refractivity contribution is 0.771. The Hall–Kier alpha value is -6.42. The smallest absolute Gasteiger partial charge is 0.0719 e. The van der Waals surface area contributed by atoms with Crippen LogP contribution < -0.4 is 0 Å². The first-order valence-electron chi connectivity index (χ1n) is 18.9. The van der Waals surface area contributed by atoms with Crippen molar-refractivity contribution in [3.63, 3.8) is 0 Å². The van der Waals surface area contributed by atoms with Gasteiger partial charge in [0.25, 0.3) is 0 Å². The number of hydrogen-bond acceptors (Lipinski definition) is 1. The predicted octanol–water partition coefficient (Wildman–Crippen LogP) is 14.6. The molecule has 0 bridgehead atoms. The van der Waals surface area contributed by atoms with Gasteiger partial charge in [-0.3, -0.25) is 0 Å². The molecule has 1 aliphatic carbocycles. The van der Waals surface area contributed by atoms with Gasteiger partial charge in [0, 0.05) is 48.1 Å². The first kappa shape index (κ1) is 30.1. The number of nitrogens with zero attached hydrogens (tertiary/aromatic N) is 2. The van der Waals surface area contributed by atoms with Gasteiger partial charge in [0.2, 0.25) is 0 Å². The van der Waals surface area contributed by atoms with Crippen LogP contribution in [0, 0.1) is 0 Å². The molecule has 3 heteroatoms. The summed E-state index contributed by atoms with van der Waals surface area (Å²) in [6, 6.07) is 59.0. The van der Waals surface area contributed by atoms with Gasteiger partial charge < -0.3 is 9.13 Å². The molecule has 3 heterocycles. The number of para-hydroxylation sites is 1. The number of hydrogen-bond donors (Lipinski definition) is 0. The minimum Gasteiger partial charge on any atom is -0.309 e. The van der Waals surface area contributed by atoms with E-state index in [0.29, 0.717) is 5.92 Å². The van der Waals surface area contributed by atoms with E-state index in [0.717, 1.165) is 6.42 Å². The van der Waals surface area contributed by atoms with Crippen LogP contribution in [0.2, 0.25) is 0 Å². The molecule has 0 N–H and O–H groups in total. The Bertz CT molecular complexity index is 3380. The predicted molar refractivity (Wildman–Crippen MR) is 233 cm³/mol. The highest BCUT2D eigenvalue weighted by molar-refractivity contribution is 7.26. The average Bonchev–Trinajstić information content (AvgIpc) is 3.88. The molecule has 3 aromatic heterocycles. The van der Waals surface area contributed by atoms with E-state index >= 15 is 0 Å². The fourth-order valence-corrected chi connectivity index (χ4v) is 10.6. The molecule has 1 aliphatic rings. The zero-order valence-electron chi connectivity index (χ0n) is 29.8. The first-order chi connectivity index (χ1) is 26.7. The molecule has 1 atom stereocenters. The number of allylic oxidation sites excluding steroid dienone is 1. The summed E-state index contributed by atoms with van der Waals surface area (Å²) in [4.78, 5) is 0. The maximum absolute atomic E-state index is 2.53. The van der Waals surface area contributed by atoms with Gasteiger partial charge in [0.05, 0.1) is 32.5 Å². The Labute approximate surface area is 316 Å². The molecule has 12 rings (SSSR count). The molecule has 8 aromatic carbocycles. The highest BCUT2D eigenvalue weighted by atomic mass is 32.1. The van der Waals surface area contributed by atoms with Crippen molar-refractivity contribution < 1.29 is 0 Å². The summed E-state index contributed by atoms with van der Waals surface area (Å²) < 4.78 is 7.64. The van der Waals surface area contributed by atoms with Crippen LogP contribution in [0.3, 0.4) is 0 Å². The van der Waals surface area contributed by atoms with Crippen LogP contribution >= 0.6 is 11.3 Å². The van der Waals surface area contributed by atoms with Crippen molar-refractivity contribution in [3.05, 3.63) is 175 Å². The van der Waals surface area contributed by atoms with Crippen LogP contribution in [0.4, 0.5) is 0 Å². The van der Waals surface area contributed by atoms with Crippen molar-refractivity contribution in [2.75, 3.05) is 0 Å². The van der Waals surface area contributed by atoms with Gasteiger partial charge in [-0.15, -0.1) is 11.3 Å². The summed E-state index contributed by atoms with van der Waals surface area (Å²) >= 11 is 1.91. The summed E-state index contributed by atoms with van der Waals surface area (Å²) in [6.07, 6.45) is 5.74. The number of fused-ring (bicyclic) bond motifs is 12. The third-order valence-electron chi connectivity index (χ3n) is 11.9. The molecule has 0 fully saturated rings. The lowest BCUT2D eigenvalue weighted by atomic mass is 9.88. The molecule has 0 radical (unpaired) electrons. The molecule has 0 spiro atoms. The van der Waals surface area contributed by atoms with Crippen LogP contribution in [0.25, 0.3) is 103 Å². The highest BCUT2D eigenvalue weighted by Crippen LogP contribution is 2.45. The SMILES string of the molecule is CC1CC=Cc2cc(-n3c4ccc(-c5ccc6c(c5)c5ccccc5n6-c5cccc6ccccc56)cc4c4ccc5c6ccccc6sc5c43)ccc21. The van der Waals surface area contributed by atoms with Crippen molar-refractivity contribution in [2.24, 2.45) is 0 Å². The van der Waals surface area contributed by atoms with Gasteiger partial charge in [0.15, 0.2) is 0 Å². The molecule has 2 nitrogen and oxygen atoms in total. The minimum atomic E-state index is 0.535. The summed E-state index contributed by atoms with van der Waals surface area (Å²) in [7, 11) is 0. The third kappa shape index (κ3) is 4.22. The quantitative estimate of drug-likeness (QED) is 0.173. The van der Waals surface area contributed by atoms with Gasteiger partial charge in [0.1, 0.15) is 0 Å². The van der Waals surface area contributed by atoms with Gasteiger partial charge in [-0.25, -0.2) is 0 Å². The molecule has 0 aliphatic heterocycles. The van der Waals surface area contributed by atoms with Crippen molar-refractivity contribution in [2.45, 2.75) is 19.3 Å². The highest BCUT2D eigenvalue weighted by Gasteiger charge is 2.21. The van der Waals surface area contributed by atoms with Gasteiger partial charge >= 0.3 is 0 Å². The Morgan fingerprint density at radius 3 is 2.07 bits per heavy atom. The second kappa shape index (κ2) is 11.3. The van der Waals surface area contributed by atoms with E-state index in [-0.39, 0.29) is 0 Å².